The number of aromatic nitrogens is 1. The van der Waals surface area contributed by atoms with Crippen molar-refractivity contribution in [2.75, 3.05) is 31.2 Å². The minimum Gasteiger partial charge on any atom is -0.382 e. The van der Waals surface area contributed by atoms with E-state index in [1.165, 1.54) is 11.3 Å². The van der Waals surface area contributed by atoms with Gasteiger partial charge < -0.3 is 16.0 Å². The van der Waals surface area contributed by atoms with E-state index in [2.05, 4.69) is 24.1 Å². The molecule has 1 aromatic rings. The van der Waals surface area contributed by atoms with E-state index in [-0.39, 0.29) is 5.91 Å². The first-order valence-corrected chi connectivity index (χ1v) is 6.69. The lowest BCUT2D eigenvalue weighted by Gasteiger charge is -2.20. The normalized spacial score (nSPS) is 10.3. The number of nitrogens with two attached hydrogens (primary N) is 1. The smallest absolute Gasteiger partial charge is 0.267 e. The summed E-state index contributed by atoms with van der Waals surface area (Å²) in [4.78, 5) is 18.7. The summed E-state index contributed by atoms with van der Waals surface area (Å²) in [5.41, 5.74) is 5.76. The molecule has 0 radical (unpaired) electrons. The summed E-state index contributed by atoms with van der Waals surface area (Å²) in [6.07, 6.45) is 1.90. The van der Waals surface area contributed by atoms with Gasteiger partial charge >= 0.3 is 0 Å². The van der Waals surface area contributed by atoms with Gasteiger partial charge in [0.15, 0.2) is 5.13 Å². The predicted molar refractivity (Wildman–Crippen MR) is 72.6 cm³/mol. The van der Waals surface area contributed by atoms with E-state index in [0.717, 1.165) is 25.9 Å². The van der Waals surface area contributed by atoms with Crippen LogP contribution in [0.4, 0.5) is 10.9 Å². The summed E-state index contributed by atoms with van der Waals surface area (Å²) in [5, 5.41) is 3.58. The fourth-order valence-electron chi connectivity index (χ4n) is 1.59. The predicted octanol–water partition coefficient (Wildman–Crippen LogP) is 2.03. The molecule has 0 saturated carbocycles. The minimum absolute atomic E-state index is 0.00907. The van der Waals surface area contributed by atoms with E-state index in [4.69, 9.17) is 5.73 Å². The Bertz CT molecular complexity index is 372. The number of nitrogen functional groups attached to an aromatic ring is 1. The topological polar surface area (TPSA) is 71.2 Å². The monoisotopic (exact) mass is 256 g/mol. The van der Waals surface area contributed by atoms with E-state index in [9.17, 15) is 4.79 Å². The molecule has 17 heavy (non-hydrogen) atoms. The summed E-state index contributed by atoms with van der Waals surface area (Å²) in [7, 11) is 1.77. The molecular weight excluding hydrogens is 236 g/mol. The van der Waals surface area contributed by atoms with Crippen LogP contribution in [-0.4, -0.2) is 35.9 Å². The molecule has 0 aromatic carbocycles. The second-order valence-corrected chi connectivity index (χ2v) is 4.77. The van der Waals surface area contributed by atoms with E-state index in [1.54, 1.807) is 7.05 Å². The van der Waals surface area contributed by atoms with Crippen molar-refractivity contribution in [2.45, 2.75) is 26.7 Å². The highest BCUT2D eigenvalue weighted by Gasteiger charge is 2.20. The minimum atomic E-state index is -0.00907. The molecule has 0 saturated heterocycles. The Morgan fingerprint density at radius 1 is 1.41 bits per heavy atom. The van der Waals surface area contributed by atoms with E-state index >= 15 is 0 Å². The quantitative estimate of drug-likeness (QED) is 0.817. The van der Waals surface area contributed by atoms with Crippen LogP contribution in [0.5, 0.6) is 0 Å². The number of rotatable bonds is 6. The summed E-state index contributed by atoms with van der Waals surface area (Å²) >= 11 is 1.31. The number of nitrogens with one attached hydrogen (secondary N) is 1. The van der Waals surface area contributed by atoms with Crippen molar-refractivity contribution in [2.24, 2.45) is 0 Å². The van der Waals surface area contributed by atoms with Gasteiger partial charge in [-0.1, -0.05) is 25.2 Å². The molecule has 1 rings (SSSR count). The standard InChI is InChI=1S/C11H20N4OS/c1-4-6-15(7-5-2)10(16)8-9(12)14-11(13-3)17-8/h4-7,12H2,1-3H3,(H,13,14). The third-order valence-corrected chi connectivity index (χ3v) is 3.41. The highest BCUT2D eigenvalue weighted by atomic mass is 32.1. The highest BCUT2D eigenvalue weighted by Crippen LogP contribution is 2.26. The molecule has 0 aliphatic carbocycles. The fourth-order valence-corrected chi connectivity index (χ4v) is 2.40. The van der Waals surface area contributed by atoms with Gasteiger partial charge in [-0.25, -0.2) is 4.98 Å². The van der Waals surface area contributed by atoms with Gasteiger partial charge in [0.1, 0.15) is 10.7 Å². The van der Waals surface area contributed by atoms with E-state index in [1.807, 2.05) is 4.90 Å². The maximum Gasteiger partial charge on any atom is 0.267 e. The molecule has 5 nitrogen and oxygen atoms in total. The number of anilines is 2. The van der Waals surface area contributed by atoms with Gasteiger partial charge in [0.05, 0.1) is 0 Å². The van der Waals surface area contributed by atoms with Gasteiger partial charge in [0.25, 0.3) is 5.91 Å². The maximum absolute atomic E-state index is 12.3. The molecule has 0 atom stereocenters. The summed E-state index contributed by atoms with van der Waals surface area (Å²) < 4.78 is 0. The number of thiazole rings is 1. The fraction of sp³-hybridized carbons (Fsp3) is 0.636. The third kappa shape index (κ3) is 3.33. The first-order valence-electron chi connectivity index (χ1n) is 5.87. The molecule has 1 heterocycles. The Morgan fingerprint density at radius 2 is 2.00 bits per heavy atom. The first kappa shape index (κ1) is 13.8. The molecule has 0 aliphatic rings. The number of nitrogens with zero attached hydrogens (tertiary/aromatic N) is 2. The second-order valence-electron chi connectivity index (χ2n) is 3.78. The van der Waals surface area contributed by atoms with Crippen LogP contribution in [0.25, 0.3) is 0 Å². The molecule has 0 spiro atoms. The van der Waals surface area contributed by atoms with Crippen LogP contribution in [0.2, 0.25) is 0 Å². The lowest BCUT2D eigenvalue weighted by Crippen LogP contribution is -2.32. The molecule has 3 N–H and O–H groups in total. The number of carbonyl (C=O) groups excluding carboxylic acids is 1. The SMILES string of the molecule is CCCN(CCC)C(=O)c1sc(NC)nc1N. The van der Waals surface area contributed by atoms with Crippen LogP contribution in [-0.2, 0) is 0 Å². The number of carbonyl (C=O) groups is 1. The van der Waals surface area contributed by atoms with Crippen molar-refractivity contribution in [1.29, 1.82) is 0 Å². The van der Waals surface area contributed by atoms with E-state index in [0.29, 0.717) is 15.8 Å². The van der Waals surface area contributed by atoms with Gasteiger partial charge in [-0.15, -0.1) is 0 Å². The zero-order chi connectivity index (χ0) is 12.8. The van der Waals surface area contributed by atoms with Crippen LogP contribution < -0.4 is 11.1 Å². The van der Waals surface area contributed by atoms with Crippen LogP contribution in [0.3, 0.4) is 0 Å². The van der Waals surface area contributed by atoms with Crippen molar-refractivity contribution < 1.29 is 4.79 Å². The molecule has 1 amide bonds. The molecule has 0 unspecified atom stereocenters. The van der Waals surface area contributed by atoms with Crippen LogP contribution in [0, 0.1) is 0 Å². The van der Waals surface area contributed by atoms with Crippen molar-refractivity contribution in [1.82, 2.24) is 9.88 Å². The molecule has 0 fully saturated rings. The van der Waals surface area contributed by atoms with Gasteiger partial charge in [0.2, 0.25) is 0 Å². The average Bonchev–Trinajstić information content (AvgIpc) is 2.69. The Hall–Kier alpha value is -1.30. The Kier molecular flexibility index (Phi) is 5.21. The molecule has 1 aromatic heterocycles. The third-order valence-electron chi connectivity index (χ3n) is 2.34. The highest BCUT2D eigenvalue weighted by molar-refractivity contribution is 7.18. The largest absolute Gasteiger partial charge is 0.382 e. The summed E-state index contributed by atoms with van der Waals surface area (Å²) in [6.45, 7) is 5.65. The zero-order valence-electron chi connectivity index (χ0n) is 10.6. The lowest BCUT2D eigenvalue weighted by atomic mass is 10.3. The lowest BCUT2D eigenvalue weighted by molar-refractivity contribution is 0.0761. The molecule has 96 valence electrons. The second kappa shape index (κ2) is 6.44. The van der Waals surface area contributed by atoms with E-state index < -0.39 is 0 Å². The van der Waals surface area contributed by atoms with Gasteiger partial charge in [-0.3, -0.25) is 4.79 Å². The molecule has 0 aliphatic heterocycles. The number of hydrogen-bond donors (Lipinski definition) is 2. The average molecular weight is 256 g/mol. The van der Waals surface area contributed by atoms with Gasteiger partial charge in [0, 0.05) is 20.1 Å². The maximum atomic E-state index is 12.3. The molecule has 6 heteroatoms. The van der Waals surface area contributed by atoms with Crippen LogP contribution >= 0.6 is 11.3 Å². The number of amides is 1. The van der Waals surface area contributed by atoms with Crippen molar-refractivity contribution in [3.8, 4) is 0 Å². The Labute approximate surface area is 106 Å². The summed E-state index contributed by atoms with van der Waals surface area (Å²) in [6, 6.07) is 0. The van der Waals surface area contributed by atoms with Gasteiger partial charge in [-0.2, -0.15) is 0 Å². The first-order chi connectivity index (χ1) is 8.13. The molecular formula is C11H20N4OS. The Morgan fingerprint density at radius 3 is 2.41 bits per heavy atom. The van der Waals surface area contributed by atoms with Crippen molar-refractivity contribution in [3.63, 3.8) is 0 Å². The number of hydrogen-bond acceptors (Lipinski definition) is 5. The Balaban J connectivity index is 2.87. The molecule has 0 bridgehead atoms. The van der Waals surface area contributed by atoms with Crippen molar-refractivity contribution in [3.05, 3.63) is 4.88 Å². The van der Waals surface area contributed by atoms with Gasteiger partial charge in [-0.05, 0) is 12.8 Å². The zero-order valence-corrected chi connectivity index (χ0v) is 11.4. The van der Waals surface area contributed by atoms with Crippen LogP contribution in [0.1, 0.15) is 36.4 Å². The van der Waals surface area contributed by atoms with Crippen molar-refractivity contribution >= 4 is 28.2 Å². The van der Waals surface area contributed by atoms with Crippen LogP contribution in [0.15, 0.2) is 0 Å². The summed E-state index contributed by atoms with van der Waals surface area (Å²) in [5.74, 6) is 0.312.